The van der Waals surface area contributed by atoms with Gasteiger partial charge in [-0.15, -0.1) is 0 Å². The Hall–Kier alpha value is -2.10. The van der Waals surface area contributed by atoms with Crippen LogP contribution in [0.4, 0.5) is 15.9 Å². The van der Waals surface area contributed by atoms with E-state index in [0.717, 1.165) is 11.1 Å². The second kappa shape index (κ2) is 3.57. The number of rotatable bonds is 1. The zero-order valence-corrected chi connectivity index (χ0v) is 7.94. The van der Waals surface area contributed by atoms with Crippen LogP contribution in [0.15, 0.2) is 36.5 Å². The maximum atomic E-state index is 12.7. The van der Waals surface area contributed by atoms with Gasteiger partial charge >= 0.3 is 0 Å². The lowest BCUT2D eigenvalue weighted by atomic mass is 10.1. The highest BCUT2D eigenvalue weighted by Gasteiger charge is 2.05. The van der Waals surface area contributed by atoms with Gasteiger partial charge in [-0.2, -0.15) is 0 Å². The minimum Gasteiger partial charge on any atom is -0.395 e. The average molecular weight is 203 g/mol. The first kappa shape index (κ1) is 9.45. The van der Waals surface area contributed by atoms with Crippen LogP contribution < -0.4 is 11.5 Å². The lowest BCUT2D eigenvalue weighted by Gasteiger charge is -2.06. The predicted molar refractivity (Wildman–Crippen MR) is 58.5 cm³/mol. The summed E-state index contributed by atoms with van der Waals surface area (Å²) in [5.74, 6) is 0.0103. The number of halogens is 1. The van der Waals surface area contributed by atoms with Crippen molar-refractivity contribution in [2.45, 2.75) is 0 Å². The van der Waals surface area contributed by atoms with Crippen LogP contribution in [0.25, 0.3) is 11.1 Å². The molecule has 0 aliphatic carbocycles. The molecule has 0 unspecified atom stereocenters. The molecule has 3 nitrogen and oxygen atoms in total. The maximum absolute atomic E-state index is 12.7. The number of hydrogen-bond acceptors (Lipinski definition) is 3. The molecule has 0 aliphatic rings. The van der Waals surface area contributed by atoms with E-state index in [4.69, 9.17) is 11.5 Å². The van der Waals surface area contributed by atoms with E-state index in [-0.39, 0.29) is 11.6 Å². The molecule has 0 amide bonds. The number of hydrogen-bond donors (Lipinski definition) is 2. The van der Waals surface area contributed by atoms with E-state index in [1.807, 2.05) is 0 Å². The molecule has 1 aromatic heterocycles. The van der Waals surface area contributed by atoms with Crippen LogP contribution in [0.1, 0.15) is 0 Å². The normalized spacial score (nSPS) is 10.2. The van der Waals surface area contributed by atoms with Gasteiger partial charge in [-0.3, -0.25) is 0 Å². The molecular formula is C11H10FN3. The Morgan fingerprint density at radius 2 is 1.67 bits per heavy atom. The lowest BCUT2D eigenvalue weighted by Crippen LogP contribution is -1.99. The summed E-state index contributed by atoms with van der Waals surface area (Å²) in [7, 11) is 0. The van der Waals surface area contributed by atoms with Gasteiger partial charge in [0, 0.05) is 11.8 Å². The van der Waals surface area contributed by atoms with Crippen molar-refractivity contribution in [3.8, 4) is 11.1 Å². The number of nitrogens with two attached hydrogens (primary N) is 2. The summed E-state index contributed by atoms with van der Waals surface area (Å²) in [5, 5.41) is 0. The molecule has 2 aromatic rings. The summed E-state index contributed by atoms with van der Waals surface area (Å²) in [6.07, 6.45) is 1.57. The van der Waals surface area contributed by atoms with Crippen LogP contribution >= 0.6 is 0 Å². The number of anilines is 2. The Labute approximate surface area is 86.6 Å². The van der Waals surface area contributed by atoms with Gasteiger partial charge in [0.05, 0.1) is 5.69 Å². The van der Waals surface area contributed by atoms with Crippen molar-refractivity contribution < 1.29 is 4.39 Å². The SMILES string of the molecule is Nc1nccc(-c2ccc(F)cc2)c1N. The Morgan fingerprint density at radius 3 is 2.33 bits per heavy atom. The molecule has 4 heteroatoms. The van der Waals surface area contributed by atoms with Crippen molar-refractivity contribution in [1.29, 1.82) is 0 Å². The molecule has 0 spiro atoms. The van der Waals surface area contributed by atoms with Crippen molar-refractivity contribution >= 4 is 11.5 Å². The first-order valence-corrected chi connectivity index (χ1v) is 4.44. The Balaban J connectivity index is 2.54. The Bertz CT molecular complexity index is 480. The van der Waals surface area contributed by atoms with Crippen LogP contribution in [0.2, 0.25) is 0 Å². The third-order valence-corrected chi connectivity index (χ3v) is 2.18. The van der Waals surface area contributed by atoms with Crippen LogP contribution in [0.5, 0.6) is 0 Å². The molecule has 0 saturated heterocycles. The van der Waals surface area contributed by atoms with Crippen molar-refractivity contribution in [2.24, 2.45) is 0 Å². The summed E-state index contributed by atoms with van der Waals surface area (Å²) < 4.78 is 12.7. The summed E-state index contributed by atoms with van der Waals surface area (Å²) in [4.78, 5) is 3.86. The van der Waals surface area contributed by atoms with Crippen molar-refractivity contribution in [3.05, 3.63) is 42.3 Å². The first-order chi connectivity index (χ1) is 7.18. The molecule has 0 aliphatic heterocycles. The second-order valence-electron chi connectivity index (χ2n) is 3.16. The maximum Gasteiger partial charge on any atom is 0.147 e. The highest BCUT2D eigenvalue weighted by atomic mass is 19.1. The van der Waals surface area contributed by atoms with Gasteiger partial charge in [0.25, 0.3) is 0 Å². The van der Waals surface area contributed by atoms with Crippen molar-refractivity contribution in [3.63, 3.8) is 0 Å². The molecule has 1 aromatic carbocycles. The van der Waals surface area contributed by atoms with E-state index in [1.165, 1.54) is 12.1 Å². The minimum absolute atomic E-state index is 0.278. The molecule has 0 radical (unpaired) electrons. The molecule has 2 rings (SSSR count). The summed E-state index contributed by atoms with van der Waals surface area (Å²) in [5.41, 5.74) is 13.4. The fraction of sp³-hybridized carbons (Fsp3) is 0. The molecule has 1 heterocycles. The van der Waals surface area contributed by atoms with E-state index >= 15 is 0 Å². The highest BCUT2D eigenvalue weighted by molar-refractivity contribution is 5.82. The summed E-state index contributed by atoms with van der Waals surface area (Å²) >= 11 is 0. The molecule has 15 heavy (non-hydrogen) atoms. The number of pyridine rings is 1. The fourth-order valence-electron chi connectivity index (χ4n) is 1.37. The predicted octanol–water partition coefficient (Wildman–Crippen LogP) is 2.05. The quantitative estimate of drug-likeness (QED) is 0.745. The molecule has 0 atom stereocenters. The molecular weight excluding hydrogens is 193 g/mol. The van der Waals surface area contributed by atoms with E-state index in [0.29, 0.717) is 5.69 Å². The summed E-state index contributed by atoms with van der Waals surface area (Å²) in [6, 6.07) is 7.82. The third kappa shape index (κ3) is 1.74. The van der Waals surface area contributed by atoms with Gasteiger partial charge in [-0.05, 0) is 23.8 Å². The van der Waals surface area contributed by atoms with Gasteiger partial charge in [-0.25, -0.2) is 9.37 Å². The van der Waals surface area contributed by atoms with Crippen molar-refractivity contribution in [2.75, 3.05) is 11.5 Å². The second-order valence-corrected chi connectivity index (χ2v) is 3.16. The zero-order valence-electron chi connectivity index (χ0n) is 7.94. The molecule has 4 N–H and O–H groups in total. The average Bonchev–Trinajstić information content (AvgIpc) is 2.24. The first-order valence-electron chi connectivity index (χ1n) is 4.44. The molecule has 0 saturated carbocycles. The number of benzene rings is 1. The summed E-state index contributed by atoms with van der Waals surface area (Å²) in [6.45, 7) is 0. The van der Waals surface area contributed by atoms with Crippen LogP contribution in [0, 0.1) is 5.82 Å². The molecule has 76 valence electrons. The smallest absolute Gasteiger partial charge is 0.147 e. The third-order valence-electron chi connectivity index (χ3n) is 2.18. The van der Waals surface area contributed by atoms with Gasteiger partial charge in [-0.1, -0.05) is 12.1 Å². The topological polar surface area (TPSA) is 64.9 Å². The largest absolute Gasteiger partial charge is 0.395 e. The van der Waals surface area contributed by atoms with Crippen LogP contribution in [-0.2, 0) is 0 Å². The number of nitrogen functional groups attached to an aromatic ring is 2. The standard InChI is InChI=1S/C11H10FN3/c12-8-3-1-7(2-4-8)9-5-6-15-11(14)10(9)13/h1-6H,13H2,(H2,14,15). The van der Waals surface area contributed by atoms with Crippen LogP contribution in [-0.4, -0.2) is 4.98 Å². The molecule has 0 bridgehead atoms. The van der Waals surface area contributed by atoms with Gasteiger partial charge in [0.15, 0.2) is 0 Å². The van der Waals surface area contributed by atoms with Gasteiger partial charge in [0.1, 0.15) is 11.6 Å². The number of nitrogens with zero attached hydrogens (tertiary/aromatic N) is 1. The van der Waals surface area contributed by atoms with Crippen molar-refractivity contribution in [1.82, 2.24) is 4.98 Å². The zero-order chi connectivity index (χ0) is 10.8. The van der Waals surface area contributed by atoms with E-state index < -0.39 is 0 Å². The fourth-order valence-corrected chi connectivity index (χ4v) is 1.37. The molecule has 0 fully saturated rings. The monoisotopic (exact) mass is 203 g/mol. The van der Waals surface area contributed by atoms with Crippen LogP contribution in [0.3, 0.4) is 0 Å². The van der Waals surface area contributed by atoms with Gasteiger partial charge < -0.3 is 11.5 Å². The Kier molecular flexibility index (Phi) is 2.25. The highest BCUT2D eigenvalue weighted by Crippen LogP contribution is 2.28. The van der Waals surface area contributed by atoms with Gasteiger partial charge in [0.2, 0.25) is 0 Å². The Morgan fingerprint density at radius 1 is 1.00 bits per heavy atom. The van der Waals surface area contributed by atoms with E-state index in [1.54, 1.807) is 24.4 Å². The van der Waals surface area contributed by atoms with E-state index in [2.05, 4.69) is 4.98 Å². The lowest BCUT2D eigenvalue weighted by molar-refractivity contribution is 0.628. The number of aromatic nitrogens is 1. The minimum atomic E-state index is -0.278. The van der Waals surface area contributed by atoms with E-state index in [9.17, 15) is 4.39 Å².